The van der Waals surface area contributed by atoms with Gasteiger partial charge >= 0.3 is 0 Å². The molecule has 148 valence electrons. The molecule has 2 aromatic rings. The first-order valence-corrected chi connectivity index (χ1v) is 8.81. The largest absolute Gasteiger partial charge is 1.00 e. The van der Waals surface area contributed by atoms with E-state index in [4.69, 9.17) is 0 Å². The van der Waals surface area contributed by atoms with E-state index in [0.717, 1.165) is 30.0 Å². The number of rotatable bonds is 7. The molecule has 6 nitrogen and oxygen atoms in total. The molecule has 0 radical (unpaired) electrons. The third-order valence-electron chi connectivity index (χ3n) is 4.20. The molecule has 0 saturated heterocycles. The molecule has 0 fully saturated rings. The van der Waals surface area contributed by atoms with Crippen molar-refractivity contribution in [1.82, 2.24) is 0 Å². The van der Waals surface area contributed by atoms with Crippen molar-refractivity contribution >= 4 is 23.0 Å². The summed E-state index contributed by atoms with van der Waals surface area (Å²) in [6.45, 7) is 8.06. The van der Waals surface area contributed by atoms with Crippen LogP contribution < -0.4 is 27.9 Å². The monoisotopic (exact) mass is 399 g/mol. The normalized spacial score (nSPS) is 10.4. The number of phenolic OH excluding ortho intramolecular Hbond substituents is 1. The van der Waals surface area contributed by atoms with Gasteiger partial charge in [-0.15, -0.1) is 0 Å². The van der Waals surface area contributed by atoms with E-state index in [9.17, 15) is 15.2 Å². The second-order valence-corrected chi connectivity index (χ2v) is 5.99. The van der Waals surface area contributed by atoms with Crippen LogP contribution in [0.3, 0.4) is 0 Å². The van der Waals surface area contributed by atoms with Gasteiger partial charge in [-0.2, -0.15) is 5.26 Å². The lowest BCUT2D eigenvalue weighted by Gasteiger charge is -2.22. The van der Waals surface area contributed by atoms with Crippen LogP contribution in [-0.2, 0) is 4.79 Å². The van der Waals surface area contributed by atoms with Crippen molar-refractivity contribution < 1.29 is 22.3 Å². The zero-order valence-electron chi connectivity index (χ0n) is 16.2. The molecule has 0 aliphatic heterocycles. The van der Waals surface area contributed by atoms with E-state index in [1.165, 1.54) is 18.3 Å². The van der Waals surface area contributed by atoms with Crippen LogP contribution in [0.4, 0.5) is 17.1 Å². The summed E-state index contributed by atoms with van der Waals surface area (Å²) >= 11 is 0. The van der Waals surface area contributed by atoms with Gasteiger partial charge in [-0.1, -0.05) is 0 Å². The van der Waals surface area contributed by atoms with E-state index >= 15 is 0 Å². The number of phenols is 1. The first-order valence-electron chi connectivity index (χ1n) is 8.81. The van der Waals surface area contributed by atoms with Gasteiger partial charge in [0, 0.05) is 36.4 Å². The zero-order chi connectivity index (χ0) is 19.8. The maximum Gasteiger partial charge on any atom is 0.267 e. The Balaban J connectivity index is 0.00000392. The van der Waals surface area contributed by atoms with Gasteiger partial charge in [-0.3, -0.25) is 4.79 Å². The van der Waals surface area contributed by atoms with Gasteiger partial charge in [0.1, 0.15) is 17.4 Å². The van der Waals surface area contributed by atoms with Gasteiger partial charge in [0.25, 0.3) is 5.91 Å². The highest BCUT2D eigenvalue weighted by atomic mass is 35.5. The van der Waals surface area contributed by atoms with Crippen molar-refractivity contribution in [2.75, 3.05) is 28.6 Å². The number of halogens is 1. The van der Waals surface area contributed by atoms with Gasteiger partial charge in [-0.05, 0) is 68.8 Å². The molecule has 0 spiro atoms. The summed E-state index contributed by atoms with van der Waals surface area (Å²) in [5.41, 5.74) is 3.44. The van der Waals surface area contributed by atoms with Crippen LogP contribution in [0.15, 0.2) is 54.2 Å². The van der Waals surface area contributed by atoms with Gasteiger partial charge in [0.05, 0.1) is 0 Å². The van der Waals surface area contributed by atoms with Crippen molar-refractivity contribution in [3.63, 3.8) is 0 Å². The molecule has 7 heteroatoms. The molecule has 0 aliphatic rings. The van der Waals surface area contributed by atoms with E-state index in [0.29, 0.717) is 5.69 Å². The van der Waals surface area contributed by atoms with Gasteiger partial charge in [0.2, 0.25) is 0 Å². The number of carbonyl (C=O) groups excluding carboxylic acids is 1. The summed E-state index contributed by atoms with van der Waals surface area (Å²) < 4.78 is 0. The quantitative estimate of drug-likeness (QED) is 0.367. The minimum Gasteiger partial charge on any atom is -1.00 e. The Bertz CT molecular complexity index is 869. The van der Waals surface area contributed by atoms with Crippen LogP contribution in [0.25, 0.3) is 0 Å². The van der Waals surface area contributed by atoms with Crippen LogP contribution in [0.2, 0.25) is 0 Å². The third kappa shape index (κ3) is 5.93. The Kier molecular flexibility index (Phi) is 8.86. The van der Waals surface area contributed by atoms with Crippen molar-refractivity contribution in [3.8, 4) is 11.8 Å². The molecule has 3 N–H and O–H groups in total. The standard InChI is InChI=1S/C21H24N4O2.ClH/c1-4-25(5-2)18-8-11-20(15(3)12-18)23-14-16(13-22)21(27)24-17-6-9-19(26)10-7-17;/h6-12,14,23,26H,4-5H2,1-3H3,(H,24,27);1H/p-1/b16-14-;. The lowest BCUT2D eigenvalue weighted by atomic mass is 10.1. The van der Waals surface area contributed by atoms with Crippen LogP contribution >= 0.6 is 0 Å². The van der Waals surface area contributed by atoms with E-state index < -0.39 is 5.91 Å². The molecule has 0 heterocycles. The maximum absolute atomic E-state index is 12.2. The number of anilines is 3. The first kappa shape index (κ1) is 22.9. The molecule has 28 heavy (non-hydrogen) atoms. The number of hydrogen-bond donors (Lipinski definition) is 3. The second-order valence-electron chi connectivity index (χ2n) is 5.99. The molecule has 0 aliphatic carbocycles. The summed E-state index contributed by atoms with van der Waals surface area (Å²) in [6.07, 6.45) is 1.40. The van der Waals surface area contributed by atoms with Gasteiger partial charge in [-0.25, -0.2) is 0 Å². The molecule has 2 rings (SSSR count). The summed E-state index contributed by atoms with van der Waals surface area (Å²) in [7, 11) is 0. The number of nitrogens with one attached hydrogen (secondary N) is 2. The third-order valence-corrected chi connectivity index (χ3v) is 4.20. The second kappa shape index (κ2) is 10.9. The summed E-state index contributed by atoms with van der Waals surface area (Å²) in [5, 5.41) is 24.2. The molecule has 1 amide bonds. The van der Waals surface area contributed by atoms with Crippen molar-refractivity contribution in [2.24, 2.45) is 0 Å². The fourth-order valence-electron chi connectivity index (χ4n) is 2.64. The lowest BCUT2D eigenvalue weighted by Crippen LogP contribution is -3.00. The van der Waals surface area contributed by atoms with Crippen molar-refractivity contribution in [1.29, 1.82) is 5.26 Å². The number of hydrogen-bond acceptors (Lipinski definition) is 5. The van der Waals surface area contributed by atoms with Crippen LogP contribution in [0.5, 0.6) is 5.75 Å². The summed E-state index contributed by atoms with van der Waals surface area (Å²) in [5.74, 6) is -0.414. The molecule has 0 saturated carbocycles. The van der Waals surface area contributed by atoms with E-state index in [-0.39, 0.29) is 23.7 Å². The highest BCUT2D eigenvalue weighted by Gasteiger charge is 2.10. The molecule has 2 aromatic carbocycles. The van der Waals surface area contributed by atoms with Crippen LogP contribution in [0.1, 0.15) is 19.4 Å². The van der Waals surface area contributed by atoms with E-state index in [1.807, 2.05) is 25.1 Å². The Morgan fingerprint density at radius 1 is 1.18 bits per heavy atom. The van der Waals surface area contributed by atoms with Crippen LogP contribution in [0, 0.1) is 18.3 Å². The number of carbonyl (C=O) groups is 1. The molecule has 0 aromatic heterocycles. The maximum atomic E-state index is 12.2. The molecule has 0 unspecified atom stereocenters. The van der Waals surface area contributed by atoms with E-state index in [1.54, 1.807) is 12.1 Å². The number of nitrogens with zero attached hydrogens (tertiary/aromatic N) is 2. The summed E-state index contributed by atoms with van der Waals surface area (Å²) in [4.78, 5) is 14.5. The lowest BCUT2D eigenvalue weighted by molar-refractivity contribution is -0.112. The fraction of sp³-hybridized carbons (Fsp3) is 0.238. The zero-order valence-corrected chi connectivity index (χ0v) is 16.9. The fourth-order valence-corrected chi connectivity index (χ4v) is 2.64. The number of nitriles is 1. The predicted octanol–water partition coefficient (Wildman–Crippen LogP) is 1.01. The number of amides is 1. The minimum absolute atomic E-state index is 0. The molecule has 0 atom stereocenters. The number of aromatic hydroxyl groups is 1. The van der Waals surface area contributed by atoms with Crippen LogP contribution in [-0.4, -0.2) is 24.1 Å². The van der Waals surface area contributed by atoms with Gasteiger partial charge in [0.15, 0.2) is 0 Å². The molecular formula is C21H24ClN4O2-. The van der Waals surface area contributed by atoms with Gasteiger partial charge < -0.3 is 33.0 Å². The Hall–Kier alpha value is -3.17. The smallest absolute Gasteiger partial charge is 0.267 e. The number of benzene rings is 2. The topological polar surface area (TPSA) is 88.4 Å². The Morgan fingerprint density at radius 3 is 2.36 bits per heavy atom. The minimum atomic E-state index is -0.520. The number of aryl methyl sites for hydroxylation is 1. The molecular weight excluding hydrogens is 376 g/mol. The first-order chi connectivity index (χ1) is 13.0. The predicted molar refractivity (Wildman–Crippen MR) is 109 cm³/mol. The highest BCUT2D eigenvalue weighted by Crippen LogP contribution is 2.23. The Morgan fingerprint density at radius 2 is 1.82 bits per heavy atom. The molecule has 0 bridgehead atoms. The summed E-state index contributed by atoms with van der Waals surface area (Å²) in [6, 6.07) is 14.0. The average Bonchev–Trinajstić information content (AvgIpc) is 2.66. The van der Waals surface area contributed by atoms with Crippen molar-refractivity contribution in [3.05, 3.63) is 59.8 Å². The van der Waals surface area contributed by atoms with E-state index in [2.05, 4.69) is 35.4 Å². The Labute approximate surface area is 171 Å². The van der Waals surface area contributed by atoms with Crippen molar-refractivity contribution in [2.45, 2.75) is 20.8 Å². The average molecular weight is 400 g/mol. The SMILES string of the molecule is CCN(CC)c1ccc(N/C=C(/C#N)C(=O)Nc2ccc(O)cc2)c(C)c1.[Cl-]. The highest BCUT2D eigenvalue weighted by molar-refractivity contribution is 6.06.